The molecule has 2 atom stereocenters. The molecule has 0 radical (unpaired) electrons. The Kier molecular flexibility index (Phi) is 3.96. The predicted molar refractivity (Wildman–Crippen MR) is 68.8 cm³/mol. The summed E-state index contributed by atoms with van der Waals surface area (Å²) in [6.45, 7) is 0.247. The van der Waals surface area contributed by atoms with Crippen molar-refractivity contribution < 1.29 is 24.1 Å². The van der Waals surface area contributed by atoms with Crippen LogP contribution in [0.5, 0.6) is 11.5 Å². The molecule has 2 unspecified atom stereocenters. The molecule has 0 bridgehead atoms. The van der Waals surface area contributed by atoms with Crippen LogP contribution in [0, 0.1) is 11.7 Å². The van der Waals surface area contributed by atoms with E-state index in [1.807, 2.05) is 0 Å². The van der Waals surface area contributed by atoms with E-state index in [-0.39, 0.29) is 30.0 Å². The molecule has 0 saturated carbocycles. The molecule has 1 fully saturated rings. The van der Waals surface area contributed by atoms with Crippen LogP contribution >= 0.6 is 15.9 Å². The van der Waals surface area contributed by atoms with E-state index in [2.05, 4.69) is 21.2 Å². The molecule has 104 valence electrons. The number of aliphatic carboxylic acids is 1. The average Bonchev–Trinajstić information content (AvgIpc) is 2.78. The van der Waals surface area contributed by atoms with Gasteiger partial charge < -0.3 is 20.3 Å². The van der Waals surface area contributed by atoms with Crippen LogP contribution in [-0.2, 0) is 4.79 Å². The van der Waals surface area contributed by atoms with E-state index < -0.39 is 23.7 Å². The molecule has 0 spiro atoms. The first-order valence-corrected chi connectivity index (χ1v) is 6.46. The van der Waals surface area contributed by atoms with E-state index in [9.17, 15) is 14.3 Å². The maximum atomic E-state index is 14.0. The minimum Gasteiger partial charge on any atom is -0.504 e. The Morgan fingerprint density at radius 1 is 1.63 bits per heavy atom. The number of methoxy groups -OCH3 is 1. The highest BCUT2D eigenvalue weighted by atomic mass is 79.9. The number of carboxylic acid groups (broad SMARTS) is 1. The fourth-order valence-corrected chi connectivity index (χ4v) is 2.82. The first-order valence-electron chi connectivity index (χ1n) is 5.66. The molecule has 1 aliphatic rings. The van der Waals surface area contributed by atoms with Crippen molar-refractivity contribution in [3.05, 3.63) is 21.9 Å². The lowest BCUT2D eigenvalue weighted by molar-refractivity contribution is -0.141. The second kappa shape index (κ2) is 5.34. The van der Waals surface area contributed by atoms with Crippen LogP contribution in [0.3, 0.4) is 0 Å². The zero-order valence-electron chi connectivity index (χ0n) is 10.1. The number of nitrogens with one attached hydrogen (secondary N) is 1. The van der Waals surface area contributed by atoms with Gasteiger partial charge in [-0.25, -0.2) is 4.39 Å². The first-order chi connectivity index (χ1) is 8.95. The maximum Gasteiger partial charge on any atom is 0.307 e. The monoisotopic (exact) mass is 333 g/mol. The van der Waals surface area contributed by atoms with Crippen molar-refractivity contribution in [1.82, 2.24) is 5.32 Å². The third-order valence-corrected chi connectivity index (χ3v) is 3.82. The molecule has 2 rings (SSSR count). The average molecular weight is 334 g/mol. The highest BCUT2D eigenvalue weighted by Crippen LogP contribution is 2.43. The minimum atomic E-state index is -0.932. The standard InChI is InChI=1S/C12H13BrFNO4/c1-19-11-6(13)3-7(14)9(10(11)16)8-2-5(4-15-8)12(17)18/h3,5,8,15-16H,2,4H2,1H3,(H,17,18). The van der Waals surface area contributed by atoms with Crippen LogP contribution < -0.4 is 10.1 Å². The van der Waals surface area contributed by atoms with Crippen molar-refractivity contribution >= 4 is 21.9 Å². The number of carboxylic acids is 1. The number of ether oxygens (including phenoxy) is 1. The van der Waals surface area contributed by atoms with E-state index in [0.717, 1.165) is 0 Å². The van der Waals surface area contributed by atoms with Crippen LogP contribution in [0.4, 0.5) is 4.39 Å². The quantitative estimate of drug-likeness (QED) is 0.788. The van der Waals surface area contributed by atoms with Gasteiger partial charge in [-0.3, -0.25) is 4.79 Å². The van der Waals surface area contributed by atoms with Gasteiger partial charge in [0.1, 0.15) is 5.82 Å². The lowest BCUT2D eigenvalue weighted by atomic mass is 9.98. The van der Waals surface area contributed by atoms with E-state index >= 15 is 0 Å². The zero-order chi connectivity index (χ0) is 14.2. The fraction of sp³-hybridized carbons (Fsp3) is 0.417. The molecule has 0 amide bonds. The number of rotatable bonds is 3. The predicted octanol–water partition coefficient (Wildman–Crippen LogP) is 2.04. The van der Waals surface area contributed by atoms with Gasteiger partial charge in [-0.15, -0.1) is 0 Å². The van der Waals surface area contributed by atoms with Gasteiger partial charge in [0.15, 0.2) is 11.5 Å². The molecule has 1 aliphatic heterocycles. The number of phenols is 1. The van der Waals surface area contributed by atoms with Crippen LogP contribution in [0.25, 0.3) is 0 Å². The second-order valence-corrected chi connectivity index (χ2v) is 5.22. The molecule has 7 heteroatoms. The van der Waals surface area contributed by atoms with Crippen LogP contribution in [-0.4, -0.2) is 29.8 Å². The third kappa shape index (κ3) is 2.52. The van der Waals surface area contributed by atoms with E-state index in [1.54, 1.807) is 0 Å². The Labute approximate surface area is 117 Å². The summed E-state index contributed by atoms with van der Waals surface area (Å²) in [5.74, 6) is -2.29. The van der Waals surface area contributed by atoms with Crippen molar-refractivity contribution in [1.29, 1.82) is 0 Å². The SMILES string of the molecule is COc1c(Br)cc(F)c(C2CC(C(=O)O)CN2)c1O. The van der Waals surface area contributed by atoms with Crippen LogP contribution in [0.2, 0.25) is 0 Å². The Hall–Kier alpha value is -1.34. The normalized spacial score (nSPS) is 22.5. The molecule has 0 aromatic heterocycles. The Morgan fingerprint density at radius 3 is 2.84 bits per heavy atom. The van der Waals surface area contributed by atoms with Gasteiger partial charge in [-0.2, -0.15) is 0 Å². The summed E-state index contributed by atoms with van der Waals surface area (Å²) in [5.41, 5.74) is 0.0452. The number of hydrogen-bond donors (Lipinski definition) is 3. The van der Waals surface area contributed by atoms with Gasteiger partial charge in [-0.05, 0) is 28.4 Å². The molecular weight excluding hydrogens is 321 g/mol. The highest BCUT2D eigenvalue weighted by molar-refractivity contribution is 9.10. The fourth-order valence-electron chi connectivity index (χ4n) is 2.27. The van der Waals surface area contributed by atoms with Gasteiger partial charge in [0.2, 0.25) is 0 Å². The van der Waals surface area contributed by atoms with Gasteiger partial charge in [0.25, 0.3) is 0 Å². The van der Waals surface area contributed by atoms with E-state index in [4.69, 9.17) is 9.84 Å². The van der Waals surface area contributed by atoms with Crippen LogP contribution in [0.1, 0.15) is 18.0 Å². The number of benzene rings is 1. The van der Waals surface area contributed by atoms with Gasteiger partial charge >= 0.3 is 5.97 Å². The zero-order valence-corrected chi connectivity index (χ0v) is 11.7. The lowest BCUT2D eigenvalue weighted by Gasteiger charge is -2.17. The molecule has 19 heavy (non-hydrogen) atoms. The molecule has 1 aromatic rings. The molecule has 3 N–H and O–H groups in total. The van der Waals surface area contributed by atoms with Gasteiger partial charge in [-0.1, -0.05) is 0 Å². The summed E-state index contributed by atoms with van der Waals surface area (Å²) in [6.07, 6.45) is 0.227. The second-order valence-electron chi connectivity index (χ2n) is 4.37. The van der Waals surface area contributed by atoms with Gasteiger partial charge in [0.05, 0.1) is 23.1 Å². The maximum absolute atomic E-state index is 14.0. The molecule has 1 heterocycles. The summed E-state index contributed by atoms with van der Waals surface area (Å²) in [6, 6.07) is 0.659. The first kappa shape index (κ1) is 14.1. The summed E-state index contributed by atoms with van der Waals surface area (Å²) in [7, 11) is 1.36. The number of phenolic OH excluding ortho intramolecular Hbond substituents is 1. The van der Waals surface area contributed by atoms with E-state index in [1.165, 1.54) is 13.2 Å². The molecule has 1 aromatic carbocycles. The minimum absolute atomic E-state index is 0.0452. The van der Waals surface area contributed by atoms with Crippen molar-refractivity contribution in [3.8, 4) is 11.5 Å². The summed E-state index contributed by atoms with van der Waals surface area (Å²) in [5, 5.41) is 21.9. The topological polar surface area (TPSA) is 78.8 Å². The molecule has 5 nitrogen and oxygen atoms in total. The largest absolute Gasteiger partial charge is 0.504 e. The molecule has 0 aliphatic carbocycles. The number of halogens is 2. The van der Waals surface area contributed by atoms with Crippen molar-refractivity contribution in [2.75, 3.05) is 13.7 Å². The molecule has 1 saturated heterocycles. The summed E-state index contributed by atoms with van der Waals surface area (Å²) >= 11 is 3.10. The van der Waals surface area contributed by atoms with Crippen molar-refractivity contribution in [2.45, 2.75) is 12.5 Å². The highest BCUT2D eigenvalue weighted by Gasteiger charge is 2.34. The smallest absolute Gasteiger partial charge is 0.307 e. The van der Waals surface area contributed by atoms with E-state index in [0.29, 0.717) is 4.47 Å². The Balaban J connectivity index is 2.38. The summed E-state index contributed by atoms with van der Waals surface area (Å²) in [4.78, 5) is 10.9. The Bertz CT molecular complexity index is 523. The Morgan fingerprint density at radius 2 is 2.32 bits per heavy atom. The van der Waals surface area contributed by atoms with Crippen molar-refractivity contribution in [2.24, 2.45) is 5.92 Å². The lowest BCUT2D eigenvalue weighted by Crippen LogP contribution is -2.17. The third-order valence-electron chi connectivity index (χ3n) is 3.23. The van der Waals surface area contributed by atoms with Crippen LogP contribution in [0.15, 0.2) is 10.5 Å². The number of carbonyl (C=O) groups is 1. The van der Waals surface area contributed by atoms with Gasteiger partial charge in [0, 0.05) is 12.6 Å². The number of hydrogen-bond acceptors (Lipinski definition) is 4. The summed E-state index contributed by atoms with van der Waals surface area (Å²) < 4.78 is 19.3. The molecular formula is C12H13BrFNO4. The van der Waals surface area contributed by atoms with Crippen molar-refractivity contribution in [3.63, 3.8) is 0 Å². The number of aromatic hydroxyl groups is 1.